The normalized spacial score (nSPS) is 12.2. The summed E-state index contributed by atoms with van der Waals surface area (Å²) >= 11 is 1.29. The highest BCUT2D eigenvalue weighted by Gasteiger charge is 2.21. The first kappa shape index (κ1) is 22.0. The first-order valence-electron chi connectivity index (χ1n) is 10.2. The molecule has 1 heterocycles. The third-order valence-electron chi connectivity index (χ3n) is 4.51. The van der Waals surface area contributed by atoms with E-state index in [1.165, 1.54) is 11.8 Å². The van der Waals surface area contributed by atoms with E-state index < -0.39 is 0 Å². The summed E-state index contributed by atoms with van der Waals surface area (Å²) in [6, 6.07) is 13.2. The van der Waals surface area contributed by atoms with Crippen molar-refractivity contribution in [2.24, 2.45) is 5.92 Å². The lowest BCUT2D eigenvalue weighted by Gasteiger charge is -2.24. The van der Waals surface area contributed by atoms with E-state index in [-0.39, 0.29) is 23.6 Å². The second-order valence-corrected chi connectivity index (χ2v) is 8.02. The monoisotopic (exact) mass is 428 g/mol. The van der Waals surface area contributed by atoms with Gasteiger partial charge in [0.25, 0.3) is 5.22 Å². The molecule has 1 aromatic heterocycles. The maximum Gasteiger partial charge on any atom is 0.257 e. The molecule has 0 radical (unpaired) electrons. The number of aromatic nitrogens is 1. The van der Waals surface area contributed by atoms with Crippen LogP contribution < -0.4 is 14.8 Å². The van der Waals surface area contributed by atoms with Crippen molar-refractivity contribution in [2.75, 3.05) is 19.0 Å². The molecule has 3 rings (SSSR count). The molecule has 7 heteroatoms. The molecule has 2 aromatic carbocycles. The molecule has 0 aliphatic carbocycles. The molecule has 30 heavy (non-hydrogen) atoms. The Balaban J connectivity index is 1.68. The number of hydrogen-bond donors (Lipinski definition) is 1. The van der Waals surface area contributed by atoms with Gasteiger partial charge in [-0.3, -0.25) is 4.79 Å². The van der Waals surface area contributed by atoms with Crippen molar-refractivity contribution < 1.29 is 18.7 Å². The molecule has 0 aliphatic heterocycles. The fourth-order valence-electron chi connectivity index (χ4n) is 3.15. The molecule has 1 N–H and O–H groups in total. The third-order valence-corrected chi connectivity index (χ3v) is 5.34. The number of hydrogen-bond acceptors (Lipinski definition) is 6. The Morgan fingerprint density at radius 1 is 1.10 bits per heavy atom. The number of nitrogens with one attached hydrogen (secondary N) is 1. The number of carbonyl (C=O) groups excluding carboxylic acids is 1. The lowest BCUT2D eigenvalue weighted by atomic mass is 9.95. The largest absolute Gasteiger partial charge is 0.490 e. The van der Waals surface area contributed by atoms with Crippen molar-refractivity contribution in [3.05, 3.63) is 48.0 Å². The number of thioether (sulfide) groups is 1. The van der Waals surface area contributed by atoms with E-state index in [1.807, 2.05) is 56.3 Å². The van der Waals surface area contributed by atoms with Crippen molar-refractivity contribution in [2.45, 2.75) is 39.0 Å². The van der Waals surface area contributed by atoms with Gasteiger partial charge in [-0.25, -0.2) is 4.98 Å². The van der Waals surface area contributed by atoms with Crippen LogP contribution in [-0.2, 0) is 4.79 Å². The molecule has 1 unspecified atom stereocenters. The summed E-state index contributed by atoms with van der Waals surface area (Å²) in [5, 5.41) is 3.62. The van der Waals surface area contributed by atoms with Crippen molar-refractivity contribution in [1.82, 2.24) is 10.3 Å². The van der Waals surface area contributed by atoms with Gasteiger partial charge in [0.15, 0.2) is 17.1 Å². The summed E-state index contributed by atoms with van der Waals surface area (Å²) in [5.41, 5.74) is 2.49. The van der Waals surface area contributed by atoms with Gasteiger partial charge in [0, 0.05) is 0 Å². The smallest absolute Gasteiger partial charge is 0.257 e. The zero-order valence-electron chi connectivity index (χ0n) is 17.8. The van der Waals surface area contributed by atoms with E-state index in [9.17, 15) is 4.79 Å². The predicted molar refractivity (Wildman–Crippen MR) is 119 cm³/mol. The summed E-state index contributed by atoms with van der Waals surface area (Å²) in [4.78, 5) is 17.0. The highest BCUT2D eigenvalue weighted by Crippen LogP contribution is 2.33. The highest BCUT2D eigenvalue weighted by molar-refractivity contribution is 7.99. The van der Waals surface area contributed by atoms with E-state index in [2.05, 4.69) is 24.1 Å². The van der Waals surface area contributed by atoms with Gasteiger partial charge < -0.3 is 19.2 Å². The van der Waals surface area contributed by atoms with Crippen LogP contribution in [0.4, 0.5) is 0 Å². The van der Waals surface area contributed by atoms with Crippen LogP contribution in [0.3, 0.4) is 0 Å². The van der Waals surface area contributed by atoms with Crippen LogP contribution in [0.15, 0.2) is 52.1 Å². The zero-order chi connectivity index (χ0) is 21.5. The lowest BCUT2D eigenvalue weighted by molar-refractivity contribution is -0.119. The van der Waals surface area contributed by atoms with Crippen molar-refractivity contribution in [1.29, 1.82) is 0 Å². The van der Waals surface area contributed by atoms with E-state index in [0.29, 0.717) is 29.9 Å². The molecule has 0 aliphatic rings. The van der Waals surface area contributed by atoms with Crippen molar-refractivity contribution in [3.8, 4) is 11.5 Å². The van der Waals surface area contributed by atoms with Crippen LogP contribution in [-0.4, -0.2) is 29.9 Å². The number of rotatable bonds is 10. The highest BCUT2D eigenvalue weighted by atomic mass is 32.2. The average Bonchev–Trinajstić information content (AvgIpc) is 3.15. The number of oxazole rings is 1. The minimum absolute atomic E-state index is 0.0761. The first-order valence-corrected chi connectivity index (χ1v) is 11.2. The van der Waals surface area contributed by atoms with E-state index in [0.717, 1.165) is 16.7 Å². The number of ether oxygens (including phenoxy) is 2. The van der Waals surface area contributed by atoms with Crippen LogP contribution in [0, 0.1) is 5.92 Å². The number of amides is 1. The minimum atomic E-state index is -0.142. The quantitative estimate of drug-likeness (QED) is 0.446. The summed E-state index contributed by atoms with van der Waals surface area (Å²) in [7, 11) is 0. The third kappa shape index (κ3) is 5.48. The van der Waals surface area contributed by atoms with Gasteiger partial charge in [0.2, 0.25) is 5.91 Å². The predicted octanol–water partition coefficient (Wildman–Crippen LogP) is 5.23. The van der Waals surface area contributed by atoms with E-state index in [1.54, 1.807) is 0 Å². The molecule has 0 saturated heterocycles. The van der Waals surface area contributed by atoms with Crippen LogP contribution in [0.25, 0.3) is 11.1 Å². The van der Waals surface area contributed by atoms with Crippen LogP contribution in [0.1, 0.15) is 39.3 Å². The van der Waals surface area contributed by atoms with Gasteiger partial charge in [-0.15, -0.1) is 0 Å². The van der Waals surface area contributed by atoms with E-state index in [4.69, 9.17) is 13.9 Å². The Kier molecular flexibility index (Phi) is 7.63. The Morgan fingerprint density at radius 2 is 1.83 bits per heavy atom. The molecule has 1 atom stereocenters. The number of fused-ring (bicyclic) bond motifs is 1. The van der Waals surface area contributed by atoms with Gasteiger partial charge in [0.1, 0.15) is 5.52 Å². The molecule has 0 bridgehead atoms. The number of carbonyl (C=O) groups is 1. The molecule has 160 valence electrons. The number of benzene rings is 2. The van der Waals surface area contributed by atoms with Crippen LogP contribution in [0.5, 0.6) is 11.5 Å². The molecule has 0 saturated carbocycles. The molecule has 0 fully saturated rings. The fraction of sp³-hybridized carbons (Fsp3) is 0.391. The van der Waals surface area contributed by atoms with Gasteiger partial charge >= 0.3 is 0 Å². The summed E-state index contributed by atoms with van der Waals surface area (Å²) < 4.78 is 17.1. The van der Waals surface area contributed by atoms with Gasteiger partial charge in [-0.1, -0.05) is 43.8 Å². The van der Waals surface area contributed by atoms with Gasteiger partial charge in [-0.05, 0) is 49.6 Å². The van der Waals surface area contributed by atoms with Gasteiger partial charge in [-0.2, -0.15) is 0 Å². The summed E-state index contributed by atoms with van der Waals surface area (Å²) in [6.45, 7) is 9.15. The standard InChI is InChI=1S/C23H28N2O4S/c1-5-27-19-12-11-16(13-20(19)28-6-2)22(15(3)4)25-21(26)14-30-23-24-17-9-7-8-10-18(17)29-23/h7-13,15,22H,5-6,14H2,1-4H3,(H,25,26). The first-order chi connectivity index (χ1) is 14.5. The van der Waals surface area contributed by atoms with Crippen molar-refractivity contribution in [3.63, 3.8) is 0 Å². The molecule has 6 nitrogen and oxygen atoms in total. The second kappa shape index (κ2) is 10.4. The molecular formula is C23H28N2O4S. The lowest BCUT2D eigenvalue weighted by Crippen LogP contribution is -2.33. The fourth-order valence-corrected chi connectivity index (χ4v) is 3.80. The Morgan fingerprint density at radius 3 is 2.53 bits per heavy atom. The van der Waals surface area contributed by atoms with Crippen LogP contribution >= 0.6 is 11.8 Å². The Labute approximate surface area is 181 Å². The molecule has 0 spiro atoms. The summed E-state index contributed by atoms with van der Waals surface area (Å²) in [5.74, 6) is 1.76. The van der Waals surface area contributed by atoms with Gasteiger partial charge in [0.05, 0.1) is 25.0 Å². The average molecular weight is 429 g/mol. The SMILES string of the molecule is CCOc1ccc(C(NC(=O)CSc2nc3ccccc3o2)C(C)C)cc1OCC. The molecule has 1 amide bonds. The number of nitrogens with zero attached hydrogens (tertiary/aromatic N) is 1. The second-order valence-electron chi connectivity index (χ2n) is 7.10. The topological polar surface area (TPSA) is 73.6 Å². The number of para-hydroxylation sites is 2. The van der Waals surface area contributed by atoms with Crippen molar-refractivity contribution >= 4 is 28.8 Å². The minimum Gasteiger partial charge on any atom is -0.490 e. The van der Waals surface area contributed by atoms with Crippen LogP contribution in [0.2, 0.25) is 0 Å². The Hall–Kier alpha value is -2.67. The zero-order valence-corrected chi connectivity index (χ0v) is 18.6. The summed E-state index contributed by atoms with van der Waals surface area (Å²) in [6.07, 6.45) is 0. The Bertz CT molecular complexity index is 953. The molecule has 3 aromatic rings. The maximum atomic E-state index is 12.6. The van der Waals surface area contributed by atoms with E-state index >= 15 is 0 Å². The maximum absolute atomic E-state index is 12.6. The molecular weight excluding hydrogens is 400 g/mol.